The summed E-state index contributed by atoms with van der Waals surface area (Å²) in [6, 6.07) is 19.9. The highest BCUT2D eigenvalue weighted by Crippen LogP contribution is 2.42. The number of amides is 1. The first-order valence-electron chi connectivity index (χ1n) is 13.1. The van der Waals surface area contributed by atoms with Crippen molar-refractivity contribution < 1.29 is 24.2 Å². The lowest BCUT2D eigenvalue weighted by molar-refractivity contribution is -0.140. The lowest BCUT2D eigenvalue weighted by atomic mass is 9.85. The average molecular weight is 527 g/mol. The molecule has 2 heterocycles. The van der Waals surface area contributed by atoms with E-state index in [4.69, 9.17) is 9.47 Å². The molecule has 0 saturated carbocycles. The summed E-state index contributed by atoms with van der Waals surface area (Å²) >= 11 is 0. The van der Waals surface area contributed by atoms with Crippen molar-refractivity contribution in [1.29, 1.82) is 0 Å². The summed E-state index contributed by atoms with van der Waals surface area (Å²) in [5, 5.41) is 11.6. The van der Waals surface area contributed by atoms with E-state index in [9.17, 15) is 14.7 Å². The Morgan fingerprint density at radius 3 is 2.46 bits per heavy atom. The summed E-state index contributed by atoms with van der Waals surface area (Å²) in [5.41, 5.74) is 3.93. The number of aliphatic hydroxyl groups excluding tert-OH is 1. The Morgan fingerprint density at radius 2 is 1.77 bits per heavy atom. The van der Waals surface area contributed by atoms with Gasteiger partial charge in [0.2, 0.25) is 0 Å². The Hall–Kier alpha value is -4.26. The molecule has 1 unspecified atom stereocenters. The van der Waals surface area contributed by atoms with Crippen LogP contribution in [0.4, 0.5) is 5.69 Å². The van der Waals surface area contributed by atoms with Gasteiger partial charge in [-0.1, -0.05) is 63.2 Å². The lowest BCUT2D eigenvalue weighted by Crippen LogP contribution is -2.29. The molecule has 0 radical (unpaired) electrons. The SMILES string of the molecule is COc1ccccc1CN1C(=O)C(=O)/C(=C(\O)c2ccc3c(c2)N(C)CCO3)C1c1ccc(C(C)(C)C)cc1. The highest BCUT2D eigenvalue weighted by atomic mass is 16.5. The molecule has 2 aliphatic heterocycles. The number of carbonyl (C=O) groups is 2. The number of fused-ring (bicyclic) bond motifs is 1. The molecule has 2 aliphatic rings. The van der Waals surface area contributed by atoms with Crippen LogP contribution in [-0.2, 0) is 21.5 Å². The van der Waals surface area contributed by atoms with Crippen LogP contribution in [0, 0.1) is 0 Å². The summed E-state index contributed by atoms with van der Waals surface area (Å²) in [7, 11) is 3.53. The first kappa shape index (κ1) is 26.4. The number of likely N-dealkylation sites (N-methyl/N-ethyl adjacent to an activating group) is 1. The van der Waals surface area contributed by atoms with Crippen molar-refractivity contribution in [3.63, 3.8) is 0 Å². The van der Waals surface area contributed by atoms with Crippen LogP contribution in [0.5, 0.6) is 11.5 Å². The normalized spacial score (nSPS) is 18.6. The second kappa shape index (κ2) is 10.1. The number of para-hydroxylation sites is 1. The fraction of sp³-hybridized carbons (Fsp3) is 0.312. The molecule has 5 rings (SSSR count). The molecule has 1 N–H and O–H groups in total. The molecule has 1 saturated heterocycles. The molecule has 0 spiro atoms. The fourth-order valence-electron chi connectivity index (χ4n) is 5.23. The second-order valence-electron chi connectivity index (χ2n) is 11.1. The van der Waals surface area contributed by atoms with Gasteiger partial charge in [-0.05, 0) is 40.8 Å². The minimum atomic E-state index is -0.769. The van der Waals surface area contributed by atoms with E-state index in [-0.39, 0.29) is 23.3 Å². The first-order valence-corrected chi connectivity index (χ1v) is 13.1. The van der Waals surface area contributed by atoms with Gasteiger partial charge < -0.3 is 24.4 Å². The van der Waals surface area contributed by atoms with Crippen molar-refractivity contribution in [2.24, 2.45) is 0 Å². The van der Waals surface area contributed by atoms with Crippen molar-refractivity contribution in [2.45, 2.75) is 38.8 Å². The fourth-order valence-corrected chi connectivity index (χ4v) is 5.23. The third-order valence-corrected chi connectivity index (χ3v) is 7.49. The van der Waals surface area contributed by atoms with Crippen molar-refractivity contribution in [2.75, 3.05) is 32.2 Å². The monoisotopic (exact) mass is 526 g/mol. The van der Waals surface area contributed by atoms with E-state index < -0.39 is 17.7 Å². The van der Waals surface area contributed by atoms with Crippen LogP contribution in [0.1, 0.15) is 49.1 Å². The number of anilines is 1. The lowest BCUT2D eigenvalue weighted by Gasteiger charge is -2.28. The third-order valence-electron chi connectivity index (χ3n) is 7.49. The van der Waals surface area contributed by atoms with Crippen LogP contribution >= 0.6 is 0 Å². The molecule has 0 bridgehead atoms. The number of likely N-dealkylation sites (tertiary alicyclic amines) is 1. The van der Waals surface area contributed by atoms with E-state index in [2.05, 4.69) is 20.8 Å². The van der Waals surface area contributed by atoms with E-state index >= 15 is 0 Å². The van der Waals surface area contributed by atoms with Gasteiger partial charge in [-0.3, -0.25) is 9.59 Å². The number of hydrogen-bond donors (Lipinski definition) is 1. The molecule has 1 fully saturated rings. The molecular weight excluding hydrogens is 492 g/mol. The predicted molar refractivity (Wildman–Crippen MR) is 151 cm³/mol. The molecule has 7 heteroatoms. The van der Waals surface area contributed by atoms with Gasteiger partial charge in [-0.25, -0.2) is 0 Å². The van der Waals surface area contributed by atoms with Crippen molar-refractivity contribution in [3.05, 3.63) is 94.6 Å². The number of aliphatic hydroxyl groups is 1. The van der Waals surface area contributed by atoms with Gasteiger partial charge in [0, 0.05) is 18.2 Å². The molecule has 0 aromatic heterocycles. The van der Waals surface area contributed by atoms with E-state index in [1.807, 2.05) is 60.5 Å². The number of nitrogens with zero attached hydrogens (tertiary/aromatic N) is 2. The molecular formula is C32H34N2O5. The Balaban J connectivity index is 1.65. The van der Waals surface area contributed by atoms with E-state index in [0.29, 0.717) is 30.2 Å². The molecule has 7 nitrogen and oxygen atoms in total. The molecule has 0 aliphatic carbocycles. The van der Waals surface area contributed by atoms with Crippen LogP contribution in [0.15, 0.2) is 72.3 Å². The van der Waals surface area contributed by atoms with Crippen molar-refractivity contribution in [1.82, 2.24) is 4.90 Å². The van der Waals surface area contributed by atoms with Crippen LogP contribution < -0.4 is 14.4 Å². The highest BCUT2D eigenvalue weighted by molar-refractivity contribution is 6.46. The Bertz CT molecular complexity index is 1450. The molecule has 3 aromatic carbocycles. The summed E-state index contributed by atoms with van der Waals surface area (Å²) < 4.78 is 11.3. The maximum atomic E-state index is 13.6. The maximum absolute atomic E-state index is 13.6. The Kier molecular flexibility index (Phi) is 6.85. The molecule has 1 atom stereocenters. The van der Waals surface area contributed by atoms with Gasteiger partial charge in [-0.2, -0.15) is 0 Å². The Morgan fingerprint density at radius 1 is 1.05 bits per heavy atom. The van der Waals surface area contributed by atoms with E-state index in [1.54, 1.807) is 25.3 Å². The van der Waals surface area contributed by atoms with E-state index in [1.165, 1.54) is 4.90 Å². The minimum Gasteiger partial charge on any atom is -0.507 e. The molecule has 1 amide bonds. The number of ether oxygens (including phenoxy) is 2. The van der Waals surface area contributed by atoms with E-state index in [0.717, 1.165) is 22.4 Å². The van der Waals surface area contributed by atoms with Crippen molar-refractivity contribution in [3.8, 4) is 11.5 Å². The van der Waals surface area contributed by atoms with Gasteiger partial charge in [0.15, 0.2) is 0 Å². The molecule has 3 aromatic rings. The minimum absolute atomic E-state index is 0.0605. The zero-order valence-electron chi connectivity index (χ0n) is 23.0. The summed E-state index contributed by atoms with van der Waals surface area (Å²) in [5.74, 6) is -0.242. The predicted octanol–water partition coefficient (Wildman–Crippen LogP) is 5.44. The van der Waals surface area contributed by atoms with Gasteiger partial charge >= 0.3 is 0 Å². The quantitative estimate of drug-likeness (QED) is 0.271. The summed E-state index contributed by atoms with van der Waals surface area (Å²) in [6.07, 6.45) is 0. The number of benzene rings is 3. The van der Waals surface area contributed by atoms with Crippen molar-refractivity contribution >= 4 is 23.1 Å². The zero-order valence-corrected chi connectivity index (χ0v) is 23.0. The van der Waals surface area contributed by atoms with Gasteiger partial charge in [-0.15, -0.1) is 0 Å². The summed E-state index contributed by atoms with van der Waals surface area (Å²) in [4.78, 5) is 30.6. The Labute approximate surface area is 229 Å². The van der Waals surface area contributed by atoms with Crippen LogP contribution in [0.2, 0.25) is 0 Å². The number of Topliss-reactive ketones (excluding diaryl/α,β-unsaturated/α-hetero) is 1. The highest BCUT2D eigenvalue weighted by Gasteiger charge is 2.46. The standard InChI is InChI=1S/C32H34N2O5/c1-32(2,3)23-13-10-20(11-14-23)28-27(29(35)21-12-15-26-24(18-21)33(4)16-17-39-26)30(36)31(37)34(28)19-22-8-6-7-9-25(22)38-5/h6-15,18,28,35H,16-17,19H2,1-5H3/b29-27-. The smallest absolute Gasteiger partial charge is 0.295 e. The third kappa shape index (κ3) is 4.85. The first-order chi connectivity index (χ1) is 18.6. The average Bonchev–Trinajstić information content (AvgIpc) is 3.17. The number of methoxy groups -OCH3 is 1. The number of rotatable bonds is 5. The summed E-state index contributed by atoms with van der Waals surface area (Å²) in [6.45, 7) is 7.83. The zero-order chi connectivity index (χ0) is 27.9. The van der Waals surface area contributed by atoms with Crippen LogP contribution in [0.3, 0.4) is 0 Å². The number of ketones is 1. The number of hydrogen-bond acceptors (Lipinski definition) is 6. The van der Waals surface area contributed by atoms with Crippen LogP contribution in [-0.4, -0.2) is 49.0 Å². The number of carbonyl (C=O) groups excluding carboxylic acids is 2. The van der Waals surface area contributed by atoms with Gasteiger partial charge in [0.25, 0.3) is 11.7 Å². The second-order valence-corrected chi connectivity index (χ2v) is 11.1. The van der Waals surface area contributed by atoms with Crippen LogP contribution in [0.25, 0.3) is 5.76 Å². The largest absolute Gasteiger partial charge is 0.507 e. The molecule has 202 valence electrons. The van der Waals surface area contributed by atoms with Gasteiger partial charge in [0.1, 0.15) is 23.9 Å². The van der Waals surface area contributed by atoms with Gasteiger partial charge in [0.05, 0.1) is 37.5 Å². The topological polar surface area (TPSA) is 79.3 Å². The molecule has 39 heavy (non-hydrogen) atoms. The maximum Gasteiger partial charge on any atom is 0.295 e.